The zero-order valence-electron chi connectivity index (χ0n) is 15.1. The zero-order chi connectivity index (χ0) is 18.6. The number of carbonyl (C=O) groups is 2. The molecule has 6 heteroatoms. The highest BCUT2D eigenvalue weighted by Gasteiger charge is 2.43. The SMILES string of the molecule is CN1C(=O)C(=C2Sc3ccc(C(C)(C)C)cc3S2)C(=O)[n+]2ccccc21. The number of amides is 1. The van der Waals surface area contributed by atoms with Crippen LogP contribution in [-0.2, 0) is 10.2 Å². The lowest BCUT2D eigenvalue weighted by Gasteiger charge is -2.19. The van der Waals surface area contributed by atoms with Crippen LogP contribution in [0.4, 0.5) is 5.82 Å². The first-order valence-corrected chi connectivity index (χ1v) is 9.98. The first-order valence-electron chi connectivity index (χ1n) is 8.35. The largest absolute Gasteiger partial charge is 0.355 e. The minimum absolute atomic E-state index is 0.0572. The van der Waals surface area contributed by atoms with Gasteiger partial charge in [0.05, 0.1) is 17.5 Å². The number of anilines is 1. The van der Waals surface area contributed by atoms with Crippen molar-refractivity contribution in [2.45, 2.75) is 36.0 Å². The second-order valence-electron chi connectivity index (χ2n) is 7.38. The van der Waals surface area contributed by atoms with Crippen molar-refractivity contribution in [3.63, 3.8) is 0 Å². The van der Waals surface area contributed by atoms with Crippen molar-refractivity contribution in [3.05, 3.63) is 58.0 Å². The lowest BCUT2D eigenvalue weighted by Crippen LogP contribution is -2.56. The van der Waals surface area contributed by atoms with Gasteiger partial charge in [-0.2, -0.15) is 9.47 Å². The van der Waals surface area contributed by atoms with E-state index in [0.717, 1.165) is 14.0 Å². The molecule has 0 spiro atoms. The molecule has 3 heterocycles. The number of rotatable bonds is 0. The number of fused-ring (bicyclic) bond motifs is 2. The number of hydrogen-bond acceptors (Lipinski definition) is 4. The van der Waals surface area contributed by atoms with E-state index in [1.54, 1.807) is 25.4 Å². The maximum atomic E-state index is 13.0. The molecule has 1 aromatic heterocycles. The molecule has 2 aliphatic rings. The van der Waals surface area contributed by atoms with Gasteiger partial charge in [0.2, 0.25) is 0 Å². The van der Waals surface area contributed by atoms with Gasteiger partial charge < -0.3 is 0 Å². The minimum Gasteiger partial charge on any atom is -0.240 e. The Morgan fingerprint density at radius 1 is 1.00 bits per heavy atom. The van der Waals surface area contributed by atoms with Gasteiger partial charge in [0.25, 0.3) is 5.82 Å². The van der Waals surface area contributed by atoms with Crippen molar-refractivity contribution in [3.8, 4) is 0 Å². The second kappa shape index (κ2) is 5.99. The smallest absolute Gasteiger partial charge is 0.240 e. The van der Waals surface area contributed by atoms with Gasteiger partial charge in [-0.3, -0.25) is 0 Å². The summed E-state index contributed by atoms with van der Waals surface area (Å²) in [6.45, 7) is 6.53. The lowest BCUT2D eigenvalue weighted by atomic mass is 9.87. The molecule has 4 nitrogen and oxygen atoms in total. The molecule has 1 amide bonds. The molecule has 0 atom stereocenters. The number of thioether (sulfide) groups is 2. The third-order valence-corrected chi connectivity index (χ3v) is 7.09. The number of likely N-dealkylation sites (N-methyl/N-ethyl adjacent to an activating group) is 1. The number of benzene rings is 1. The molecule has 1 aromatic carbocycles. The molecule has 2 aromatic rings. The van der Waals surface area contributed by atoms with E-state index in [-0.39, 0.29) is 22.8 Å². The fourth-order valence-corrected chi connectivity index (χ4v) is 5.56. The van der Waals surface area contributed by atoms with Gasteiger partial charge >= 0.3 is 11.8 Å². The van der Waals surface area contributed by atoms with Gasteiger partial charge in [-0.15, -0.1) is 0 Å². The molecule has 0 N–H and O–H groups in total. The summed E-state index contributed by atoms with van der Waals surface area (Å²) in [4.78, 5) is 29.6. The summed E-state index contributed by atoms with van der Waals surface area (Å²) < 4.78 is 2.30. The van der Waals surface area contributed by atoms with E-state index in [4.69, 9.17) is 0 Å². The molecule has 132 valence electrons. The fraction of sp³-hybridized carbons (Fsp3) is 0.250. The van der Waals surface area contributed by atoms with Gasteiger partial charge in [-0.05, 0) is 29.2 Å². The van der Waals surface area contributed by atoms with E-state index in [1.165, 1.54) is 38.6 Å². The normalized spacial score (nSPS) is 19.6. The standard InChI is InChI=1S/C20H19N2O2S2/c1-20(2,3)12-8-9-13-14(11-12)26-19(25-13)16-17(23)21(4)15-7-5-6-10-22(15)18(16)24/h5-11H,1-4H3/q+1. The van der Waals surface area contributed by atoms with E-state index in [2.05, 4.69) is 39.0 Å². The average molecular weight is 384 g/mol. The van der Waals surface area contributed by atoms with Crippen LogP contribution in [0.25, 0.3) is 0 Å². The highest BCUT2D eigenvalue weighted by atomic mass is 32.2. The molecule has 0 radical (unpaired) electrons. The molecule has 0 unspecified atom stereocenters. The van der Waals surface area contributed by atoms with E-state index in [9.17, 15) is 9.59 Å². The summed E-state index contributed by atoms with van der Waals surface area (Å²) in [5.41, 5.74) is 1.55. The predicted molar refractivity (Wildman–Crippen MR) is 105 cm³/mol. The number of pyridine rings is 1. The third kappa shape index (κ3) is 2.68. The lowest BCUT2D eigenvalue weighted by molar-refractivity contribution is -0.558. The van der Waals surface area contributed by atoms with Crippen LogP contribution in [-0.4, -0.2) is 18.9 Å². The predicted octanol–water partition coefficient (Wildman–Crippen LogP) is 4.00. The Morgan fingerprint density at radius 3 is 2.46 bits per heavy atom. The number of hydrogen-bond donors (Lipinski definition) is 0. The summed E-state index contributed by atoms with van der Waals surface area (Å²) in [7, 11) is 1.70. The molecule has 0 saturated carbocycles. The van der Waals surface area contributed by atoms with Crippen LogP contribution in [0, 0.1) is 0 Å². The van der Waals surface area contributed by atoms with Crippen LogP contribution < -0.4 is 9.47 Å². The summed E-state index contributed by atoms with van der Waals surface area (Å²) in [6.07, 6.45) is 1.70. The van der Waals surface area contributed by atoms with Crippen LogP contribution in [0.15, 0.2) is 62.2 Å². The highest BCUT2D eigenvalue weighted by molar-refractivity contribution is 8.24. The topological polar surface area (TPSA) is 41.3 Å². The third-order valence-electron chi connectivity index (χ3n) is 4.55. The van der Waals surface area contributed by atoms with Crippen LogP contribution in [0.2, 0.25) is 0 Å². The molecular weight excluding hydrogens is 364 g/mol. The molecule has 0 bridgehead atoms. The number of aromatic nitrogens is 1. The van der Waals surface area contributed by atoms with Crippen molar-refractivity contribution in [1.82, 2.24) is 0 Å². The van der Waals surface area contributed by atoms with Gasteiger partial charge in [0, 0.05) is 15.9 Å². The van der Waals surface area contributed by atoms with Crippen LogP contribution in [0.5, 0.6) is 0 Å². The maximum Gasteiger partial charge on any atom is 0.355 e. The van der Waals surface area contributed by atoms with E-state index < -0.39 is 0 Å². The number of nitrogens with zero attached hydrogens (tertiary/aromatic N) is 2. The Bertz CT molecular complexity index is 990. The first-order chi connectivity index (χ1) is 12.3. The van der Waals surface area contributed by atoms with Crippen LogP contribution in [0.1, 0.15) is 31.1 Å². The fourth-order valence-electron chi connectivity index (χ4n) is 3.00. The average Bonchev–Trinajstić information content (AvgIpc) is 3.02. The zero-order valence-corrected chi connectivity index (χ0v) is 16.7. The highest BCUT2D eigenvalue weighted by Crippen LogP contribution is 2.53. The monoisotopic (exact) mass is 383 g/mol. The first kappa shape index (κ1) is 17.4. The van der Waals surface area contributed by atoms with Crippen LogP contribution >= 0.6 is 23.5 Å². The molecule has 0 aliphatic carbocycles. The minimum atomic E-state index is -0.262. The molecular formula is C20H19N2O2S2+. The maximum absolute atomic E-state index is 13.0. The molecule has 4 rings (SSSR count). The van der Waals surface area contributed by atoms with E-state index >= 15 is 0 Å². The van der Waals surface area contributed by atoms with Crippen molar-refractivity contribution < 1.29 is 14.2 Å². The van der Waals surface area contributed by atoms with Crippen LogP contribution in [0.3, 0.4) is 0 Å². The van der Waals surface area contributed by atoms with Crippen molar-refractivity contribution >= 4 is 41.2 Å². The summed E-state index contributed by atoms with van der Waals surface area (Å²) >= 11 is 3.03. The number of carbonyl (C=O) groups excluding carboxylic acids is 2. The van der Waals surface area contributed by atoms with Crippen molar-refractivity contribution in [2.24, 2.45) is 0 Å². The molecule has 26 heavy (non-hydrogen) atoms. The Kier molecular flexibility index (Phi) is 4.00. The molecule has 0 fully saturated rings. The quantitative estimate of drug-likeness (QED) is 0.392. The van der Waals surface area contributed by atoms with Crippen molar-refractivity contribution in [1.29, 1.82) is 0 Å². The van der Waals surface area contributed by atoms with Gasteiger partial charge in [0.1, 0.15) is 0 Å². The van der Waals surface area contributed by atoms with E-state index in [0.29, 0.717) is 5.82 Å². The summed E-state index contributed by atoms with van der Waals surface area (Å²) in [5, 5.41) is 0. The van der Waals surface area contributed by atoms with Gasteiger partial charge in [-0.25, -0.2) is 9.59 Å². The summed E-state index contributed by atoms with van der Waals surface area (Å²) in [5.74, 6) is 0.0787. The Balaban J connectivity index is 1.79. The van der Waals surface area contributed by atoms with Gasteiger partial charge in [0.15, 0.2) is 5.57 Å². The second-order valence-corrected chi connectivity index (χ2v) is 9.74. The Morgan fingerprint density at radius 2 is 1.73 bits per heavy atom. The molecule has 2 aliphatic heterocycles. The molecule has 0 saturated heterocycles. The summed E-state index contributed by atoms with van der Waals surface area (Å²) in [6, 6.07) is 11.8. The van der Waals surface area contributed by atoms with Gasteiger partial charge in [-0.1, -0.05) is 56.4 Å². The van der Waals surface area contributed by atoms with Crippen molar-refractivity contribution in [2.75, 3.05) is 11.9 Å². The Labute approximate surface area is 161 Å². The Hall–Kier alpha value is -2.05. The van der Waals surface area contributed by atoms with E-state index in [1.807, 2.05) is 6.07 Å².